The molecule has 1 saturated heterocycles. The van der Waals surface area contributed by atoms with Gasteiger partial charge in [0.25, 0.3) is 5.56 Å². The third-order valence-electron chi connectivity index (χ3n) is 5.68. The number of fused-ring (bicyclic) bond motifs is 1. The van der Waals surface area contributed by atoms with Crippen molar-refractivity contribution >= 4 is 26.9 Å². The molecule has 0 saturated carbocycles. The number of hydrogen-bond donors (Lipinski definition) is 0. The van der Waals surface area contributed by atoms with Crippen LogP contribution in [0.3, 0.4) is 0 Å². The first kappa shape index (κ1) is 22.9. The fraction of sp³-hybridized carbons (Fsp3) is 0.364. The van der Waals surface area contributed by atoms with Crippen molar-refractivity contribution in [2.75, 3.05) is 13.7 Å². The highest BCUT2D eigenvalue weighted by Gasteiger charge is 2.33. The summed E-state index contributed by atoms with van der Waals surface area (Å²) in [6.45, 7) is 1.81. The van der Waals surface area contributed by atoms with Crippen molar-refractivity contribution in [3.63, 3.8) is 0 Å². The number of hydrogen-bond acceptors (Lipinski definition) is 8. The fourth-order valence-corrected chi connectivity index (χ4v) is 5.75. The van der Waals surface area contributed by atoms with Crippen LogP contribution < -0.4 is 10.3 Å². The molecule has 0 amide bonds. The molecule has 33 heavy (non-hydrogen) atoms. The zero-order chi connectivity index (χ0) is 23.6. The maximum atomic E-state index is 13.3. The second kappa shape index (κ2) is 9.28. The summed E-state index contributed by atoms with van der Waals surface area (Å²) in [7, 11) is -2.51. The van der Waals surface area contributed by atoms with E-state index in [1.54, 1.807) is 24.3 Å². The molecular formula is C22H24N4O6S. The van der Waals surface area contributed by atoms with E-state index in [4.69, 9.17) is 9.47 Å². The number of aromatic nitrogens is 3. The Kier molecular flexibility index (Phi) is 6.43. The van der Waals surface area contributed by atoms with Crippen LogP contribution in [0.5, 0.6) is 5.75 Å². The molecule has 0 unspecified atom stereocenters. The summed E-state index contributed by atoms with van der Waals surface area (Å²) in [6.07, 6.45) is 2.51. The lowest BCUT2D eigenvalue weighted by Crippen LogP contribution is -2.42. The Morgan fingerprint density at radius 1 is 1.18 bits per heavy atom. The number of rotatable bonds is 6. The highest BCUT2D eigenvalue weighted by atomic mass is 32.2. The van der Waals surface area contributed by atoms with Crippen LogP contribution in [0, 0.1) is 0 Å². The molecule has 1 aliphatic heterocycles. The van der Waals surface area contributed by atoms with Crippen LogP contribution in [0.1, 0.15) is 36.5 Å². The van der Waals surface area contributed by atoms with Crippen molar-refractivity contribution in [3.8, 4) is 5.75 Å². The highest BCUT2D eigenvalue weighted by Crippen LogP contribution is 2.31. The lowest BCUT2D eigenvalue weighted by molar-refractivity contribution is 0.0335. The minimum atomic E-state index is -3.89. The number of nitrogens with zero attached hydrogens (tertiary/aromatic N) is 4. The van der Waals surface area contributed by atoms with E-state index in [-0.39, 0.29) is 22.3 Å². The van der Waals surface area contributed by atoms with Gasteiger partial charge in [-0.05, 0) is 50.1 Å². The Bertz CT molecular complexity index is 1350. The molecule has 0 N–H and O–H groups in total. The quantitative estimate of drug-likeness (QED) is 0.501. The normalized spacial score (nSPS) is 17.1. The molecule has 1 atom stereocenters. The molecule has 11 heteroatoms. The largest absolute Gasteiger partial charge is 0.495 e. The number of carbonyl (C=O) groups is 1. The van der Waals surface area contributed by atoms with Crippen molar-refractivity contribution in [1.82, 2.24) is 19.3 Å². The Morgan fingerprint density at radius 3 is 2.73 bits per heavy atom. The van der Waals surface area contributed by atoms with Gasteiger partial charge in [-0.2, -0.15) is 8.99 Å². The van der Waals surface area contributed by atoms with Crippen molar-refractivity contribution in [2.24, 2.45) is 0 Å². The number of sulfonamides is 1. The summed E-state index contributed by atoms with van der Waals surface area (Å²) in [4.78, 5) is 25.1. The maximum absolute atomic E-state index is 13.3. The summed E-state index contributed by atoms with van der Waals surface area (Å²) in [5, 5.41) is 8.07. The Labute approximate surface area is 190 Å². The molecule has 1 aliphatic rings. The lowest BCUT2D eigenvalue weighted by Gasteiger charge is -2.32. The number of benzene rings is 2. The van der Waals surface area contributed by atoms with Gasteiger partial charge in [-0.3, -0.25) is 4.79 Å². The Hall–Kier alpha value is -3.31. The maximum Gasteiger partial charge on any atom is 0.339 e. The number of esters is 1. The van der Waals surface area contributed by atoms with Crippen LogP contribution in [-0.2, 0) is 21.5 Å². The summed E-state index contributed by atoms with van der Waals surface area (Å²) >= 11 is 0. The molecule has 2 heterocycles. The average molecular weight is 473 g/mol. The first-order valence-electron chi connectivity index (χ1n) is 10.5. The topological polar surface area (TPSA) is 121 Å². The van der Waals surface area contributed by atoms with Gasteiger partial charge in [0.15, 0.2) is 6.73 Å². The van der Waals surface area contributed by atoms with Crippen molar-refractivity contribution in [3.05, 3.63) is 58.4 Å². The molecule has 2 aromatic carbocycles. The van der Waals surface area contributed by atoms with E-state index in [0.717, 1.165) is 23.9 Å². The van der Waals surface area contributed by atoms with Gasteiger partial charge in [-0.15, -0.1) is 5.10 Å². The molecule has 3 aromatic rings. The van der Waals surface area contributed by atoms with Crippen molar-refractivity contribution in [2.45, 2.75) is 43.9 Å². The molecule has 4 rings (SSSR count). The van der Waals surface area contributed by atoms with Gasteiger partial charge >= 0.3 is 5.97 Å². The molecule has 0 bridgehead atoms. The molecule has 0 spiro atoms. The smallest absolute Gasteiger partial charge is 0.339 e. The van der Waals surface area contributed by atoms with Gasteiger partial charge < -0.3 is 9.47 Å². The molecule has 10 nitrogen and oxygen atoms in total. The van der Waals surface area contributed by atoms with Crippen molar-refractivity contribution in [1.29, 1.82) is 0 Å². The van der Waals surface area contributed by atoms with Crippen LogP contribution in [0.2, 0.25) is 0 Å². The predicted octanol–water partition coefficient (Wildman–Crippen LogP) is 2.18. The third kappa shape index (κ3) is 4.46. The highest BCUT2D eigenvalue weighted by molar-refractivity contribution is 7.89. The second-order valence-electron chi connectivity index (χ2n) is 7.80. The van der Waals surface area contributed by atoms with E-state index in [0.29, 0.717) is 17.4 Å². The number of ether oxygens (including phenoxy) is 2. The molecule has 1 aromatic heterocycles. The summed E-state index contributed by atoms with van der Waals surface area (Å²) in [6, 6.07) is 10.6. The van der Waals surface area contributed by atoms with Crippen LogP contribution in [-0.4, -0.2) is 53.4 Å². The first-order valence-corrected chi connectivity index (χ1v) is 12.0. The van der Waals surface area contributed by atoms with Gasteiger partial charge in [-0.1, -0.05) is 23.8 Å². The van der Waals surface area contributed by atoms with E-state index in [9.17, 15) is 18.0 Å². The third-order valence-corrected chi connectivity index (χ3v) is 7.71. The van der Waals surface area contributed by atoms with Gasteiger partial charge in [0.1, 0.15) is 16.2 Å². The minimum Gasteiger partial charge on any atom is -0.495 e. The van der Waals surface area contributed by atoms with Crippen LogP contribution >= 0.6 is 0 Å². The monoisotopic (exact) mass is 472 g/mol. The predicted molar refractivity (Wildman–Crippen MR) is 119 cm³/mol. The summed E-state index contributed by atoms with van der Waals surface area (Å²) in [5.74, 6) is -0.663. The van der Waals surface area contributed by atoms with Crippen molar-refractivity contribution < 1.29 is 22.7 Å². The molecule has 174 valence electrons. The van der Waals surface area contributed by atoms with E-state index >= 15 is 0 Å². The zero-order valence-corrected chi connectivity index (χ0v) is 19.1. The summed E-state index contributed by atoms with van der Waals surface area (Å²) in [5.41, 5.74) is -0.00617. The van der Waals surface area contributed by atoms with E-state index in [2.05, 4.69) is 10.3 Å². The minimum absolute atomic E-state index is 0.0147. The van der Waals surface area contributed by atoms with Gasteiger partial charge in [-0.25, -0.2) is 13.2 Å². The first-order chi connectivity index (χ1) is 15.8. The van der Waals surface area contributed by atoms with Crippen LogP contribution in [0.15, 0.2) is 52.2 Å². The average Bonchev–Trinajstić information content (AvgIpc) is 2.83. The SMILES string of the molecule is COc1ccc(C(=O)OCn2nnc3ccccc3c2=O)cc1S(=O)(=O)N1CCCC[C@H]1C. The molecule has 0 radical (unpaired) electrons. The van der Waals surface area contributed by atoms with E-state index in [1.165, 1.54) is 29.6 Å². The van der Waals surface area contributed by atoms with Crippen LogP contribution in [0.25, 0.3) is 10.9 Å². The van der Waals surface area contributed by atoms with Crippen LogP contribution in [0.4, 0.5) is 0 Å². The molecular weight excluding hydrogens is 448 g/mol. The fourth-order valence-electron chi connectivity index (χ4n) is 3.87. The zero-order valence-electron chi connectivity index (χ0n) is 18.3. The van der Waals surface area contributed by atoms with E-state index in [1.807, 2.05) is 6.92 Å². The summed E-state index contributed by atoms with van der Waals surface area (Å²) < 4.78 is 39.5. The van der Waals surface area contributed by atoms with Gasteiger partial charge in [0.2, 0.25) is 10.0 Å². The van der Waals surface area contributed by atoms with E-state index < -0.39 is 28.3 Å². The Morgan fingerprint density at radius 2 is 1.97 bits per heavy atom. The Balaban J connectivity index is 1.59. The number of methoxy groups -OCH3 is 1. The number of piperidine rings is 1. The standard InChI is InChI=1S/C22H24N4O6S/c1-15-7-5-6-12-26(15)33(29,30)20-13-16(10-11-19(20)31-2)22(28)32-14-25-21(27)17-8-3-4-9-18(17)23-24-25/h3-4,8-11,13,15H,5-7,12,14H2,1-2H3/t15-/m1/s1. The number of carbonyl (C=O) groups excluding carboxylic acids is 1. The molecule has 0 aliphatic carbocycles. The lowest BCUT2D eigenvalue weighted by atomic mass is 10.1. The van der Waals surface area contributed by atoms with Gasteiger partial charge in [0.05, 0.1) is 18.1 Å². The second-order valence-corrected chi connectivity index (χ2v) is 9.66. The van der Waals surface area contributed by atoms with Gasteiger partial charge in [0, 0.05) is 12.6 Å². The molecule has 1 fully saturated rings.